The number of amides is 1. The first kappa shape index (κ1) is 35.0. The van der Waals surface area contributed by atoms with Crippen LogP contribution in [0.15, 0.2) is 30.3 Å². The molecule has 3 rings (SSSR count). The van der Waals surface area contributed by atoms with Gasteiger partial charge in [0.1, 0.15) is 6.16 Å². The average molecular weight is 586 g/mol. The largest absolute Gasteiger partial charge is 1.00 e. The van der Waals surface area contributed by atoms with E-state index in [0.717, 1.165) is 38.5 Å². The Labute approximate surface area is 261 Å². The van der Waals surface area contributed by atoms with E-state index >= 15 is 0 Å². The van der Waals surface area contributed by atoms with Crippen LogP contribution in [-0.2, 0) is 34.6 Å². The molecule has 1 saturated heterocycles. The maximum atomic E-state index is 14.2. The van der Waals surface area contributed by atoms with Crippen LogP contribution >= 0.6 is 7.37 Å². The van der Waals surface area contributed by atoms with Gasteiger partial charge in [0.2, 0.25) is 19.6 Å². The van der Waals surface area contributed by atoms with Crippen LogP contribution in [0.3, 0.4) is 0 Å². The number of esters is 1. The summed E-state index contributed by atoms with van der Waals surface area (Å²) in [5.74, 6) is -1.99. The summed E-state index contributed by atoms with van der Waals surface area (Å²) in [6, 6.07) is 8.96. The van der Waals surface area contributed by atoms with E-state index in [1.807, 2.05) is 30.3 Å². The van der Waals surface area contributed by atoms with E-state index < -0.39 is 43.7 Å². The van der Waals surface area contributed by atoms with Crippen molar-refractivity contribution in [2.45, 2.75) is 97.3 Å². The van der Waals surface area contributed by atoms with Crippen LogP contribution in [0.4, 0.5) is 0 Å². The van der Waals surface area contributed by atoms with Crippen molar-refractivity contribution in [2.24, 2.45) is 17.8 Å². The first-order valence-electron chi connectivity index (χ1n) is 14.6. The number of ether oxygens (including phenoxy) is 1. The molecular formula is C30H45NNaO7P. The summed E-state index contributed by atoms with van der Waals surface area (Å²) >= 11 is 0. The molecule has 2 aliphatic rings. The van der Waals surface area contributed by atoms with Gasteiger partial charge in [0, 0.05) is 25.0 Å². The number of carbonyl (C=O) groups excluding carboxylic acids is 3. The molecule has 0 bridgehead atoms. The molecule has 2 unspecified atom stereocenters. The summed E-state index contributed by atoms with van der Waals surface area (Å²) in [6.07, 6.45) is 6.88. The topological polar surface area (TPSA) is 113 Å². The number of carboxylic acid groups (broad SMARTS) is 1. The van der Waals surface area contributed by atoms with Gasteiger partial charge in [-0.25, -0.2) is 0 Å². The third-order valence-electron chi connectivity index (χ3n) is 8.05. The SMILES string of the molecule is CCC(=O)OC(OP(=O)(CCCCc1ccccc1)CC(=O)N1C[C@H](C2CCCCC2)C[C@@H]1C(=O)[O-])C(C)C.[Na+]. The molecular weight excluding hydrogens is 540 g/mol. The summed E-state index contributed by atoms with van der Waals surface area (Å²) in [5.41, 5.74) is 1.17. The van der Waals surface area contributed by atoms with Crippen molar-refractivity contribution in [3.63, 3.8) is 0 Å². The van der Waals surface area contributed by atoms with Gasteiger partial charge in [0.25, 0.3) is 0 Å². The molecule has 10 heteroatoms. The number of aliphatic carboxylic acids is 1. The molecule has 0 spiro atoms. The van der Waals surface area contributed by atoms with Gasteiger partial charge in [-0.15, -0.1) is 0 Å². The number of rotatable bonds is 14. The quantitative estimate of drug-likeness (QED) is 0.108. The molecule has 1 amide bonds. The molecule has 1 aliphatic heterocycles. The molecule has 2 fully saturated rings. The predicted octanol–water partition coefficient (Wildman–Crippen LogP) is 1.79. The number of nitrogens with zero attached hydrogens (tertiary/aromatic N) is 1. The maximum absolute atomic E-state index is 14.2. The van der Waals surface area contributed by atoms with E-state index in [-0.39, 0.29) is 54.0 Å². The van der Waals surface area contributed by atoms with Crippen LogP contribution in [0, 0.1) is 17.8 Å². The van der Waals surface area contributed by atoms with Crippen molar-refractivity contribution in [3.8, 4) is 0 Å². The van der Waals surface area contributed by atoms with E-state index in [9.17, 15) is 24.1 Å². The number of likely N-dealkylation sites (tertiary alicyclic amines) is 1. The third kappa shape index (κ3) is 10.6. The molecule has 8 nitrogen and oxygen atoms in total. The van der Waals surface area contributed by atoms with Crippen molar-refractivity contribution >= 4 is 25.2 Å². The van der Waals surface area contributed by atoms with Gasteiger partial charge in [-0.1, -0.05) is 83.2 Å². The molecule has 4 atom stereocenters. The normalized spacial score (nSPS) is 21.9. The van der Waals surface area contributed by atoms with Crippen molar-refractivity contribution in [3.05, 3.63) is 35.9 Å². The summed E-state index contributed by atoms with van der Waals surface area (Å²) in [6.45, 7) is 5.62. The van der Waals surface area contributed by atoms with Crippen LogP contribution in [-0.4, -0.2) is 53.9 Å². The van der Waals surface area contributed by atoms with Gasteiger partial charge in [0.15, 0.2) is 0 Å². The molecule has 1 heterocycles. The monoisotopic (exact) mass is 585 g/mol. The van der Waals surface area contributed by atoms with E-state index in [1.165, 1.54) is 16.9 Å². The maximum Gasteiger partial charge on any atom is 1.00 e. The molecule has 218 valence electrons. The number of hydrogen-bond donors (Lipinski definition) is 0. The fraction of sp³-hybridized carbons (Fsp3) is 0.700. The van der Waals surface area contributed by atoms with Crippen molar-refractivity contribution < 1.29 is 62.9 Å². The minimum Gasteiger partial charge on any atom is -0.548 e. The van der Waals surface area contributed by atoms with Crippen molar-refractivity contribution in [2.75, 3.05) is 18.9 Å². The van der Waals surface area contributed by atoms with Crippen molar-refractivity contribution in [1.29, 1.82) is 0 Å². The van der Waals surface area contributed by atoms with E-state index in [0.29, 0.717) is 25.3 Å². The Morgan fingerprint density at radius 2 is 1.73 bits per heavy atom. The Balaban J connectivity index is 0.00000560. The zero-order valence-electron chi connectivity index (χ0n) is 24.7. The number of benzene rings is 1. The number of aryl methyl sites for hydroxylation is 1. The Morgan fingerprint density at radius 1 is 1.05 bits per heavy atom. The molecule has 0 aromatic heterocycles. The second-order valence-corrected chi connectivity index (χ2v) is 14.1. The summed E-state index contributed by atoms with van der Waals surface area (Å²) in [7, 11) is -3.62. The Bertz CT molecular complexity index is 999. The standard InChI is InChI=1S/C30H46NO7P.Na/c1-4-28(33)37-30(22(2)3)38-39(36,18-12-11-15-23-13-7-5-8-14-23)21-27(32)31-20-25(19-26(31)29(34)35)24-16-9-6-10-17-24;/h5,7-8,13-14,22,24-26,30H,4,6,9-12,15-21H2,1-3H3,(H,34,35);/q;+1/p-1/t25-,26-,30?,39?;/m1./s1. The molecule has 0 radical (unpaired) electrons. The fourth-order valence-electron chi connectivity index (χ4n) is 5.79. The summed E-state index contributed by atoms with van der Waals surface area (Å²) in [5, 5.41) is 12.0. The zero-order chi connectivity index (χ0) is 28.4. The zero-order valence-corrected chi connectivity index (χ0v) is 27.6. The first-order valence-corrected chi connectivity index (χ1v) is 16.6. The Hall–Kier alpha value is -1.18. The van der Waals surface area contributed by atoms with E-state index in [4.69, 9.17) is 9.26 Å². The number of hydrogen-bond acceptors (Lipinski definition) is 7. The minimum atomic E-state index is -3.62. The number of carboxylic acids is 1. The predicted molar refractivity (Wildman–Crippen MR) is 148 cm³/mol. The van der Waals surface area contributed by atoms with Crippen LogP contribution < -0.4 is 34.7 Å². The van der Waals surface area contributed by atoms with E-state index in [1.54, 1.807) is 20.8 Å². The molecule has 1 saturated carbocycles. The number of unbranched alkanes of at least 4 members (excludes halogenated alkanes) is 1. The molecule has 0 N–H and O–H groups in total. The first-order chi connectivity index (χ1) is 18.6. The van der Waals surface area contributed by atoms with Crippen LogP contribution in [0.2, 0.25) is 0 Å². The fourth-order valence-corrected chi connectivity index (χ4v) is 8.09. The summed E-state index contributed by atoms with van der Waals surface area (Å²) < 4.78 is 25.6. The third-order valence-corrected chi connectivity index (χ3v) is 10.4. The summed E-state index contributed by atoms with van der Waals surface area (Å²) in [4.78, 5) is 39.0. The van der Waals surface area contributed by atoms with Crippen LogP contribution in [0.25, 0.3) is 0 Å². The van der Waals surface area contributed by atoms with Gasteiger partial charge < -0.3 is 19.5 Å². The number of carbonyl (C=O) groups is 3. The van der Waals surface area contributed by atoms with E-state index in [2.05, 4.69) is 0 Å². The molecule has 1 aliphatic carbocycles. The Morgan fingerprint density at radius 3 is 2.33 bits per heavy atom. The minimum absolute atomic E-state index is 0. The van der Waals surface area contributed by atoms with Crippen molar-refractivity contribution in [1.82, 2.24) is 4.90 Å². The van der Waals surface area contributed by atoms with Crippen LogP contribution in [0.5, 0.6) is 0 Å². The van der Waals surface area contributed by atoms with Crippen LogP contribution in [0.1, 0.15) is 84.1 Å². The second kappa shape index (κ2) is 17.1. The molecule has 1 aromatic carbocycles. The van der Waals surface area contributed by atoms with Gasteiger partial charge in [-0.3, -0.25) is 18.7 Å². The Kier molecular flexibility index (Phi) is 14.9. The molecule has 1 aromatic rings. The molecule has 40 heavy (non-hydrogen) atoms. The van der Waals surface area contributed by atoms with Gasteiger partial charge in [-0.05, 0) is 43.1 Å². The van der Waals surface area contributed by atoms with Gasteiger partial charge >= 0.3 is 35.5 Å². The van der Waals surface area contributed by atoms with Gasteiger partial charge in [-0.2, -0.15) is 0 Å². The van der Waals surface area contributed by atoms with Gasteiger partial charge in [0.05, 0.1) is 12.0 Å². The average Bonchev–Trinajstić information content (AvgIpc) is 3.38. The second-order valence-electron chi connectivity index (χ2n) is 11.5. The smallest absolute Gasteiger partial charge is 0.548 e.